The number of rotatable bonds is 1. The highest BCUT2D eigenvalue weighted by molar-refractivity contribution is 7.14. The zero-order chi connectivity index (χ0) is 12.1. The second-order valence-corrected chi connectivity index (χ2v) is 4.55. The molecule has 0 unspecified atom stereocenters. The number of oxime groups is 1. The Balaban J connectivity index is 2.21. The van der Waals surface area contributed by atoms with Crippen LogP contribution in [0.3, 0.4) is 0 Å². The zero-order valence-corrected chi connectivity index (χ0v) is 10.2. The molecule has 1 aromatic heterocycles. The quantitative estimate of drug-likeness (QED) is 0.353. The van der Waals surface area contributed by atoms with E-state index in [2.05, 4.69) is 17.0 Å². The predicted molar refractivity (Wildman–Crippen MR) is 70.7 cm³/mol. The van der Waals surface area contributed by atoms with Gasteiger partial charge in [0.15, 0.2) is 0 Å². The van der Waals surface area contributed by atoms with E-state index in [-0.39, 0.29) is 0 Å². The van der Waals surface area contributed by atoms with Crippen molar-refractivity contribution < 1.29 is 5.21 Å². The maximum Gasteiger partial charge on any atom is 0.0936 e. The van der Waals surface area contributed by atoms with Crippen LogP contribution in [-0.4, -0.2) is 10.9 Å². The van der Waals surface area contributed by atoms with Crippen LogP contribution < -0.4 is 0 Å². The molecule has 0 atom stereocenters. The smallest absolute Gasteiger partial charge is 0.0936 e. The summed E-state index contributed by atoms with van der Waals surface area (Å²) in [4.78, 5) is 1.90. The molecule has 3 heteroatoms. The SMILES string of the molecule is CC(=NO)c1ccc(C#Cc2ccccc2)s1. The molecule has 0 fully saturated rings. The lowest BCUT2D eigenvalue weighted by atomic mass is 10.2. The van der Waals surface area contributed by atoms with E-state index in [4.69, 9.17) is 5.21 Å². The summed E-state index contributed by atoms with van der Waals surface area (Å²) in [5, 5.41) is 11.8. The second kappa shape index (κ2) is 5.33. The van der Waals surface area contributed by atoms with Gasteiger partial charge < -0.3 is 5.21 Å². The van der Waals surface area contributed by atoms with Crippen LogP contribution in [0, 0.1) is 11.8 Å². The first-order valence-corrected chi connectivity index (χ1v) is 5.97. The Morgan fingerprint density at radius 2 is 1.88 bits per heavy atom. The fourth-order valence-corrected chi connectivity index (χ4v) is 2.10. The highest BCUT2D eigenvalue weighted by Gasteiger charge is 2.01. The van der Waals surface area contributed by atoms with Gasteiger partial charge in [0.2, 0.25) is 0 Å². The van der Waals surface area contributed by atoms with Crippen molar-refractivity contribution >= 4 is 17.0 Å². The zero-order valence-electron chi connectivity index (χ0n) is 9.34. The third kappa shape index (κ3) is 2.96. The monoisotopic (exact) mass is 241 g/mol. The molecule has 0 aliphatic rings. The molecule has 2 rings (SSSR count). The molecule has 0 aliphatic carbocycles. The van der Waals surface area contributed by atoms with E-state index in [9.17, 15) is 0 Å². The van der Waals surface area contributed by atoms with Gasteiger partial charge in [0, 0.05) is 5.56 Å². The highest BCUT2D eigenvalue weighted by Crippen LogP contribution is 2.16. The Hall–Kier alpha value is -2.05. The molecule has 2 aromatic rings. The van der Waals surface area contributed by atoms with E-state index in [1.807, 2.05) is 42.5 Å². The van der Waals surface area contributed by atoms with Crippen LogP contribution >= 0.6 is 11.3 Å². The van der Waals surface area contributed by atoms with Crippen molar-refractivity contribution in [3.8, 4) is 11.8 Å². The van der Waals surface area contributed by atoms with Crippen LogP contribution in [0.25, 0.3) is 0 Å². The van der Waals surface area contributed by atoms with Gasteiger partial charge in [0.25, 0.3) is 0 Å². The molecule has 1 aromatic carbocycles. The van der Waals surface area contributed by atoms with Crippen molar-refractivity contribution in [3.63, 3.8) is 0 Å². The minimum Gasteiger partial charge on any atom is -0.411 e. The van der Waals surface area contributed by atoms with E-state index in [1.165, 1.54) is 11.3 Å². The number of hydrogen-bond donors (Lipinski definition) is 1. The van der Waals surface area contributed by atoms with Gasteiger partial charge in [-0.3, -0.25) is 0 Å². The Kier molecular flexibility index (Phi) is 3.59. The lowest BCUT2D eigenvalue weighted by Gasteiger charge is -1.88. The average molecular weight is 241 g/mol. The fourth-order valence-electron chi connectivity index (χ4n) is 1.30. The second-order valence-electron chi connectivity index (χ2n) is 3.47. The van der Waals surface area contributed by atoms with E-state index in [0.717, 1.165) is 15.3 Å². The Morgan fingerprint density at radius 3 is 2.59 bits per heavy atom. The van der Waals surface area contributed by atoms with Crippen LogP contribution in [-0.2, 0) is 0 Å². The molecule has 0 radical (unpaired) electrons. The van der Waals surface area contributed by atoms with Crippen LogP contribution in [0.2, 0.25) is 0 Å². The Bertz CT molecular complexity index is 587. The van der Waals surface area contributed by atoms with E-state index in [0.29, 0.717) is 5.71 Å². The van der Waals surface area contributed by atoms with Crippen molar-refractivity contribution in [3.05, 3.63) is 57.8 Å². The molecule has 0 amide bonds. The van der Waals surface area contributed by atoms with E-state index in [1.54, 1.807) is 6.92 Å². The summed E-state index contributed by atoms with van der Waals surface area (Å²) >= 11 is 1.52. The summed E-state index contributed by atoms with van der Waals surface area (Å²) in [7, 11) is 0. The van der Waals surface area contributed by atoms with Crippen molar-refractivity contribution in [2.45, 2.75) is 6.92 Å². The van der Waals surface area contributed by atoms with Gasteiger partial charge in [0.05, 0.1) is 15.5 Å². The molecule has 0 bridgehead atoms. The van der Waals surface area contributed by atoms with Crippen molar-refractivity contribution in [1.29, 1.82) is 0 Å². The van der Waals surface area contributed by atoms with Crippen LogP contribution in [0.5, 0.6) is 0 Å². The summed E-state index contributed by atoms with van der Waals surface area (Å²) < 4.78 is 0. The lowest BCUT2D eigenvalue weighted by molar-refractivity contribution is 0.319. The molecule has 0 saturated heterocycles. The largest absolute Gasteiger partial charge is 0.411 e. The maximum absolute atomic E-state index is 8.66. The molecule has 17 heavy (non-hydrogen) atoms. The van der Waals surface area contributed by atoms with Crippen molar-refractivity contribution in [1.82, 2.24) is 0 Å². The molecule has 0 spiro atoms. The predicted octanol–water partition coefficient (Wildman–Crippen LogP) is 3.35. The Morgan fingerprint density at radius 1 is 1.12 bits per heavy atom. The number of benzene rings is 1. The van der Waals surface area contributed by atoms with Gasteiger partial charge in [-0.05, 0) is 31.2 Å². The third-order valence-corrected chi connectivity index (χ3v) is 3.33. The standard InChI is InChI=1S/C14H11NOS/c1-11(15-16)14-10-9-13(17-14)8-7-12-5-3-2-4-6-12/h2-6,9-10,16H,1H3. The fraction of sp³-hybridized carbons (Fsp3) is 0.0714. The lowest BCUT2D eigenvalue weighted by Crippen LogP contribution is -1.87. The van der Waals surface area contributed by atoms with Crippen molar-refractivity contribution in [2.24, 2.45) is 5.16 Å². The number of hydrogen-bond acceptors (Lipinski definition) is 3. The minimum absolute atomic E-state index is 0.614. The summed E-state index contributed by atoms with van der Waals surface area (Å²) in [5.74, 6) is 6.18. The van der Waals surface area contributed by atoms with E-state index >= 15 is 0 Å². The normalized spacial score (nSPS) is 10.8. The molecule has 1 heterocycles. The first-order valence-electron chi connectivity index (χ1n) is 5.15. The average Bonchev–Trinajstić information content (AvgIpc) is 2.85. The van der Waals surface area contributed by atoms with E-state index < -0.39 is 0 Å². The maximum atomic E-state index is 8.66. The van der Waals surface area contributed by atoms with Crippen LogP contribution in [0.1, 0.15) is 22.2 Å². The highest BCUT2D eigenvalue weighted by atomic mass is 32.1. The summed E-state index contributed by atoms with van der Waals surface area (Å²) in [6, 6.07) is 13.7. The van der Waals surface area contributed by atoms with Crippen LogP contribution in [0.15, 0.2) is 47.6 Å². The number of thiophene rings is 1. The number of nitrogens with zero attached hydrogens (tertiary/aromatic N) is 1. The molecule has 84 valence electrons. The van der Waals surface area contributed by atoms with Gasteiger partial charge in [-0.2, -0.15) is 0 Å². The first kappa shape index (κ1) is 11.4. The van der Waals surface area contributed by atoms with Gasteiger partial charge in [-0.1, -0.05) is 35.2 Å². The molecule has 0 saturated carbocycles. The van der Waals surface area contributed by atoms with Gasteiger partial charge >= 0.3 is 0 Å². The third-order valence-electron chi connectivity index (χ3n) is 2.22. The van der Waals surface area contributed by atoms with Gasteiger partial charge in [0.1, 0.15) is 0 Å². The molecule has 0 aliphatic heterocycles. The molecular weight excluding hydrogens is 230 g/mol. The summed E-state index contributed by atoms with van der Waals surface area (Å²) in [5.41, 5.74) is 1.61. The Labute approximate surface area is 104 Å². The van der Waals surface area contributed by atoms with Gasteiger partial charge in [-0.25, -0.2) is 0 Å². The topological polar surface area (TPSA) is 32.6 Å². The summed E-state index contributed by atoms with van der Waals surface area (Å²) in [6.07, 6.45) is 0. The summed E-state index contributed by atoms with van der Waals surface area (Å²) in [6.45, 7) is 1.76. The molecule has 2 nitrogen and oxygen atoms in total. The van der Waals surface area contributed by atoms with Crippen LogP contribution in [0.4, 0.5) is 0 Å². The minimum atomic E-state index is 0.614. The van der Waals surface area contributed by atoms with Crippen molar-refractivity contribution in [2.75, 3.05) is 0 Å². The molecule has 1 N–H and O–H groups in total. The van der Waals surface area contributed by atoms with Gasteiger partial charge in [-0.15, -0.1) is 11.3 Å². The molecular formula is C14H11NOS. The first-order chi connectivity index (χ1) is 8.29.